The Bertz CT molecular complexity index is 525. The first kappa shape index (κ1) is 16.3. The van der Waals surface area contributed by atoms with Crippen LogP contribution in [0.1, 0.15) is 48.5 Å². The average molecular weight is 310 g/mol. The first-order chi connectivity index (χ1) is 10.4. The molecule has 1 aliphatic heterocycles. The maximum Gasteiger partial charge on any atom is 0.410 e. The minimum atomic E-state index is -0.417. The molecule has 0 aromatic carbocycles. The molecule has 7 nitrogen and oxygen atoms in total. The summed E-state index contributed by atoms with van der Waals surface area (Å²) in [5, 5.41) is 3.75. The Labute approximate surface area is 129 Å². The van der Waals surface area contributed by atoms with Crippen molar-refractivity contribution in [3.8, 4) is 0 Å². The summed E-state index contributed by atoms with van der Waals surface area (Å²) in [6.45, 7) is 8.06. The summed E-state index contributed by atoms with van der Waals surface area (Å²) in [5.74, 6) is 0.0416. The van der Waals surface area contributed by atoms with Gasteiger partial charge < -0.3 is 18.9 Å². The Balaban J connectivity index is 1.85. The normalized spacial score (nSPS) is 16.0. The van der Waals surface area contributed by atoms with Crippen LogP contribution in [-0.2, 0) is 9.47 Å². The maximum absolute atomic E-state index is 12.1. The highest BCUT2D eigenvalue weighted by Gasteiger charge is 2.28. The van der Waals surface area contributed by atoms with Crippen LogP contribution in [0, 0.1) is 13.8 Å². The number of piperidine rings is 1. The largest absolute Gasteiger partial charge is 0.458 e. The van der Waals surface area contributed by atoms with E-state index in [0.29, 0.717) is 42.9 Å². The Morgan fingerprint density at radius 3 is 2.41 bits per heavy atom. The predicted octanol–water partition coefficient (Wildman–Crippen LogP) is 2.46. The fraction of sp³-hybridized carbons (Fsp3) is 0.667. The van der Waals surface area contributed by atoms with Crippen molar-refractivity contribution in [1.29, 1.82) is 0 Å². The van der Waals surface area contributed by atoms with E-state index in [4.69, 9.17) is 14.0 Å². The minimum Gasteiger partial charge on any atom is -0.458 e. The SMILES string of the molecule is Cc1noc(C)c1C(=O)OC1CCN(C(=O)OC(C)C)CC1. The van der Waals surface area contributed by atoms with Gasteiger partial charge in [-0.3, -0.25) is 0 Å². The Hall–Kier alpha value is -2.05. The van der Waals surface area contributed by atoms with Crippen LogP contribution in [-0.4, -0.2) is 47.4 Å². The van der Waals surface area contributed by atoms with Crippen molar-refractivity contribution in [2.75, 3.05) is 13.1 Å². The molecule has 1 aromatic rings. The maximum atomic E-state index is 12.1. The molecule has 22 heavy (non-hydrogen) atoms. The van der Waals surface area contributed by atoms with E-state index in [0.717, 1.165) is 0 Å². The number of aryl methyl sites for hydroxylation is 2. The summed E-state index contributed by atoms with van der Waals surface area (Å²) in [7, 11) is 0. The third-order valence-electron chi connectivity index (χ3n) is 3.55. The highest BCUT2D eigenvalue weighted by atomic mass is 16.6. The van der Waals surface area contributed by atoms with Gasteiger partial charge in [-0.05, 0) is 27.7 Å². The smallest absolute Gasteiger partial charge is 0.410 e. The molecule has 0 spiro atoms. The molecule has 7 heteroatoms. The summed E-state index contributed by atoms with van der Waals surface area (Å²) >= 11 is 0. The van der Waals surface area contributed by atoms with E-state index >= 15 is 0 Å². The van der Waals surface area contributed by atoms with Gasteiger partial charge in [-0.15, -0.1) is 0 Å². The molecule has 0 bridgehead atoms. The molecule has 0 saturated carbocycles. The topological polar surface area (TPSA) is 81.9 Å². The second-order valence-electron chi connectivity index (χ2n) is 5.72. The Kier molecular flexibility index (Phi) is 5.05. The van der Waals surface area contributed by atoms with E-state index in [1.165, 1.54) is 0 Å². The second kappa shape index (κ2) is 6.81. The lowest BCUT2D eigenvalue weighted by atomic mass is 10.1. The third kappa shape index (κ3) is 3.78. The van der Waals surface area contributed by atoms with Gasteiger partial charge in [-0.2, -0.15) is 0 Å². The van der Waals surface area contributed by atoms with Crippen LogP contribution in [0.4, 0.5) is 4.79 Å². The highest BCUT2D eigenvalue weighted by molar-refractivity contribution is 5.91. The summed E-state index contributed by atoms with van der Waals surface area (Å²) < 4.78 is 15.6. The van der Waals surface area contributed by atoms with Crippen LogP contribution in [0.2, 0.25) is 0 Å². The molecule has 0 atom stereocenters. The molecule has 2 heterocycles. The van der Waals surface area contributed by atoms with Gasteiger partial charge in [0.2, 0.25) is 0 Å². The minimum absolute atomic E-state index is 0.136. The lowest BCUT2D eigenvalue weighted by Gasteiger charge is -2.31. The number of rotatable bonds is 3. The number of amides is 1. The summed E-state index contributed by atoms with van der Waals surface area (Å²) in [6.07, 6.45) is 0.544. The molecule has 1 amide bonds. The summed E-state index contributed by atoms with van der Waals surface area (Å²) in [5.41, 5.74) is 0.919. The number of nitrogens with zero attached hydrogens (tertiary/aromatic N) is 2. The van der Waals surface area contributed by atoms with E-state index < -0.39 is 5.97 Å². The van der Waals surface area contributed by atoms with Crippen LogP contribution in [0.3, 0.4) is 0 Å². The van der Waals surface area contributed by atoms with Crippen LogP contribution in [0.25, 0.3) is 0 Å². The van der Waals surface area contributed by atoms with E-state index in [9.17, 15) is 9.59 Å². The van der Waals surface area contributed by atoms with Gasteiger partial charge in [0.05, 0.1) is 11.8 Å². The number of carbonyl (C=O) groups excluding carboxylic acids is 2. The first-order valence-corrected chi connectivity index (χ1v) is 7.48. The highest BCUT2D eigenvalue weighted by Crippen LogP contribution is 2.19. The lowest BCUT2D eigenvalue weighted by Crippen LogP contribution is -2.42. The van der Waals surface area contributed by atoms with Gasteiger partial charge in [0.25, 0.3) is 0 Å². The van der Waals surface area contributed by atoms with Crippen molar-refractivity contribution in [1.82, 2.24) is 10.1 Å². The van der Waals surface area contributed by atoms with Crippen LogP contribution in [0.15, 0.2) is 4.52 Å². The quantitative estimate of drug-likeness (QED) is 0.798. The number of esters is 1. The van der Waals surface area contributed by atoms with Crippen molar-refractivity contribution in [3.05, 3.63) is 17.0 Å². The zero-order chi connectivity index (χ0) is 16.3. The van der Waals surface area contributed by atoms with Crippen molar-refractivity contribution in [2.45, 2.75) is 52.7 Å². The molecule has 122 valence electrons. The molecular formula is C15H22N2O5. The lowest BCUT2D eigenvalue weighted by molar-refractivity contribution is 0.00797. The number of hydrogen-bond donors (Lipinski definition) is 0. The van der Waals surface area contributed by atoms with E-state index in [-0.39, 0.29) is 18.3 Å². The third-order valence-corrected chi connectivity index (χ3v) is 3.55. The molecule has 1 aromatic heterocycles. The number of carbonyl (C=O) groups is 2. The molecule has 0 unspecified atom stereocenters. The fourth-order valence-corrected chi connectivity index (χ4v) is 2.42. The predicted molar refractivity (Wildman–Crippen MR) is 77.6 cm³/mol. The summed E-state index contributed by atoms with van der Waals surface area (Å²) in [4.78, 5) is 25.6. The zero-order valence-corrected chi connectivity index (χ0v) is 13.4. The van der Waals surface area contributed by atoms with Crippen molar-refractivity contribution in [2.24, 2.45) is 0 Å². The van der Waals surface area contributed by atoms with Gasteiger partial charge in [-0.1, -0.05) is 5.16 Å². The number of ether oxygens (including phenoxy) is 2. The van der Waals surface area contributed by atoms with Gasteiger partial charge in [0.1, 0.15) is 17.4 Å². The second-order valence-corrected chi connectivity index (χ2v) is 5.72. The molecule has 1 aliphatic rings. The molecule has 2 rings (SSSR count). The van der Waals surface area contributed by atoms with Crippen LogP contribution in [0.5, 0.6) is 0 Å². The molecule has 1 fully saturated rings. The molecule has 1 saturated heterocycles. The van der Waals surface area contributed by atoms with Crippen LogP contribution >= 0.6 is 0 Å². The molecule has 0 radical (unpaired) electrons. The molecule has 0 N–H and O–H groups in total. The van der Waals surface area contributed by atoms with Gasteiger partial charge in [0.15, 0.2) is 0 Å². The van der Waals surface area contributed by atoms with Gasteiger partial charge >= 0.3 is 12.1 Å². The number of likely N-dealkylation sites (tertiary alicyclic amines) is 1. The standard InChI is InChI=1S/C15H22N2O5/c1-9(2)20-15(19)17-7-5-12(6-8-17)21-14(18)13-10(3)16-22-11(13)4/h9,12H,5-8H2,1-4H3. The molecule has 0 aliphatic carbocycles. The van der Waals surface area contributed by atoms with Gasteiger partial charge in [0, 0.05) is 25.9 Å². The Morgan fingerprint density at radius 1 is 1.27 bits per heavy atom. The zero-order valence-electron chi connectivity index (χ0n) is 13.4. The van der Waals surface area contributed by atoms with Gasteiger partial charge in [-0.25, -0.2) is 9.59 Å². The van der Waals surface area contributed by atoms with Crippen LogP contribution < -0.4 is 0 Å². The first-order valence-electron chi connectivity index (χ1n) is 7.48. The average Bonchev–Trinajstić information content (AvgIpc) is 2.78. The van der Waals surface area contributed by atoms with E-state index in [1.54, 1.807) is 18.7 Å². The van der Waals surface area contributed by atoms with Crippen molar-refractivity contribution < 1.29 is 23.6 Å². The fourth-order valence-electron chi connectivity index (χ4n) is 2.42. The van der Waals surface area contributed by atoms with Crippen molar-refractivity contribution >= 4 is 12.1 Å². The number of aromatic nitrogens is 1. The monoisotopic (exact) mass is 310 g/mol. The molecular weight excluding hydrogens is 288 g/mol. The Morgan fingerprint density at radius 2 is 1.91 bits per heavy atom. The summed E-state index contributed by atoms with van der Waals surface area (Å²) in [6, 6.07) is 0. The van der Waals surface area contributed by atoms with E-state index in [1.807, 2.05) is 13.8 Å². The van der Waals surface area contributed by atoms with E-state index in [2.05, 4.69) is 5.16 Å². The number of hydrogen-bond acceptors (Lipinski definition) is 6. The van der Waals surface area contributed by atoms with Crippen molar-refractivity contribution in [3.63, 3.8) is 0 Å².